The zero-order chi connectivity index (χ0) is 15.1. The van der Waals surface area contributed by atoms with Gasteiger partial charge in [-0.05, 0) is 24.3 Å². The number of anilines is 1. The van der Waals surface area contributed by atoms with E-state index in [0.717, 1.165) is 0 Å². The summed E-state index contributed by atoms with van der Waals surface area (Å²) in [5.74, 6) is 1.40. The number of methoxy groups -OCH3 is 1. The van der Waals surface area contributed by atoms with E-state index in [2.05, 4.69) is 10.3 Å². The predicted octanol–water partition coefficient (Wildman–Crippen LogP) is 1.57. The van der Waals surface area contributed by atoms with Crippen LogP contribution in [0.1, 0.15) is 5.69 Å². The third-order valence-corrected chi connectivity index (χ3v) is 2.69. The van der Waals surface area contributed by atoms with Crippen LogP contribution < -0.4 is 20.5 Å². The second-order valence-corrected chi connectivity index (χ2v) is 4.23. The number of hydrogen-bond acceptors (Lipinski definition) is 5. The average molecular weight is 287 g/mol. The van der Waals surface area contributed by atoms with Gasteiger partial charge in [0.05, 0.1) is 12.8 Å². The van der Waals surface area contributed by atoms with Crippen LogP contribution in [0, 0.1) is 0 Å². The zero-order valence-corrected chi connectivity index (χ0v) is 11.7. The van der Waals surface area contributed by atoms with Crippen molar-refractivity contribution < 1.29 is 14.3 Å². The molecule has 0 spiro atoms. The predicted molar refractivity (Wildman–Crippen MR) is 79.2 cm³/mol. The van der Waals surface area contributed by atoms with Crippen LogP contribution in [0.5, 0.6) is 11.5 Å². The highest BCUT2D eigenvalue weighted by Crippen LogP contribution is 2.18. The minimum absolute atomic E-state index is 0.109. The molecule has 21 heavy (non-hydrogen) atoms. The van der Waals surface area contributed by atoms with Gasteiger partial charge in [-0.15, -0.1) is 0 Å². The quantitative estimate of drug-likeness (QED) is 0.842. The highest BCUT2D eigenvalue weighted by Gasteiger charge is 2.05. The highest BCUT2D eigenvalue weighted by molar-refractivity contribution is 5.90. The van der Waals surface area contributed by atoms with Crippen molar-refractivity contribution in [3.8, 4) is 11.5 Å². The number of ether oxygens (including phenoxy) is 2. The molecule has 0 aliphatic rings. The van der Waals surface area contributed by atoms with E-state index >= 15 is 0 Å². The Bertz CT molecular complexity index is 617. The number of nitrogens with one attached hydrogen (secondary N) is 1. The van der Waals surface area contributed by atoms with Gasteiger partial charge in [-0.3, -0.25) is 4.79 Å². The minimum Gasteiger partial charge on any atom is -0.497 e. The molecule has 1 amide bonds. The number of pyridine rings is 1. The van der Waals surface area contributed by atoms with Crippen LogP contribution in [0.3, 0.4) is 0 Å². The number of rotatable bonds is 6. The second-order valence-electron chi connectivity index (χ2n) is 4.23. The molecule has 1 aromatic heterocycles. The summed E-state index contributed by atoms with van der Waals surface area (Å²) in [4.78, 5) is 16.0. The number of aromatic nitrogens is 1. The number of hydrogen-bond donors (Lipinski definition) is 2. The lowest BCUT2D eigenvalue weighted by Crippen LogP contribution is -2.21. The van der Waals surface area contributed by atoms with Crippen LogP contribution in [0.15, 0.2) is 42.5 Å². The maximum Gasteiger partial charge on any atom is 0.263 e. The molecule has 0 saturated heterocycles. The molecule has 1 aromatic carbocycles. The molecular formula is C15H17N3O3. The lowest BCUT2D eigenvalue weighted by atomic mass is 10.3. The van der Waals surface area contributed by atoms with Gasteiger partial charge in [0.25, 0.3) is 5.91 Å². The topological polar surface area (TPSA) is 86.5 Å². The molecule has 1 heterocycles. The molecule has 6 heteroatoms. The summed E-state index contributed by atoms with van der Waals surface area (Å²) in [6.07, 6.45) is 0. The van der Waals surface area contributed by atoms with Gasteiger partial charge in [-0.2, -0.15) is 0 Å². The Labute approximate surface area is 122 Å². The largest absolute Gasteiger partial charge is 0.497 e. The summed E-state index contributed by atoms with van der Waals surface area (Å²) >= 11 is 0. The molecule has 2 aromatic rings. The monoisotopic (exact) mass is 287 g/mol. The Morgan fingerprint density at radius 2 is 2.00 bits per heavy atom. The van der Waals surface area contributed by atoms with Gasteiger partial charge in [-0.1, -0.05) is 12.1 Å². The summed E-state index contributed by atoms with van der Waals surface area (Å²) < 4.78 is 10.5. The van der Waals surface area contributed by atoms with Crippen molar-refractivity contribution >= 4 is 11.7 Å². The fourth-order valence-electron chi connectivity index (χ4n) is 1.68. The number of nitrogens with zero attached hydrogens (tertiary/aromatic N) is 1. The summed E-state index contributed by atoms with van der Waals surface area (Å²) in [7, 11) is 1.57. The lowest BCUT2D eigenvalue weighted by Gasteiger charge is -2.08. The molecule has 3 N–H and O–H groups in total. The third kappa shape index (κ3) is 4.47. The van der Waals surface area contributed by atoms with E-state index in [0.29, 0.717) is 29.6 Å². The maximum atomic E-state index is 11.8. The Hall–Kier alpha value is -2.60. The summed E-state index contributed by atoms with van der Waals surface area (Å²) in [6.45, 7) is 0.214. The molecule has 2 rings (SSSR count). The molecule has 0 bridgehead atoms. The number of amides is 1. The SMILES string of the molecule is COc1cccc(OCC(=O)Nc2cccc(CN)n2)c1. The Balaban J connectivity index is 1.89. The standard InChI is InChI=1S/C15H17N3O3/c1-20-12-5-3-6-13(8-12)21-10-15(19)18-14-7-2-4-11(9-16)17-14/h2-8H,9-10,16H2,1H3,(H,17,18,19). The van der Waals surface area contributed by atoms with E-state index < -0.39 is 0 Å². The van der Waals surface area contributed by atoms with E-state index in [1.807, 2.05) is 0 Å². The molecule has 0 fully saturated rings. The van der Waals surface area contributed by atoms with Crippen molar-refractivity contribution in [3.63, 3.8) is 0 Å². The maximum absolute atomic E-state index is 11.8. The van der Waals surface area contributed by atoms with Crippen molar-refractivity contribution in [1.29, 1.82) is 0 Å². The fraction of sp³-hybridized carbons (Fsp3) is 0.200. The molecule has 0 unspecified atom stereocenters. The minimum atomic E-state index is -0.292. The molecule has 0 aliphatic heterocycles. The number of carbonyl (C=O) groups is 1. The Morgan fingerprint density at radius 1 is 1.24 bits per heavy atom. The number of benzene rings is 1. The molecule has 0 aliphatic carbocycles. The summed E-state index contributed by atoms with van der Waals surface area (Å²) in [5.41, 5.74) is 6.21. The molecule has 110 valence electrons. The van der Waals surface area contributed by atoms with Crippen LogP contribution in [-0.2, 0) is 11.3 Å². The molecule has 0 atom stereocenters. The van der Waals surface area contributed by atoms with Crippen molar-refractivity contribution in [2.24, 2.45) is 5.73 Å². The van der Waals surface area contributed by atoms with E-state index in [1.165, 1.54) is 0 Å². The van der Waals surface area contributed by atoms with E-state index in [-0.39, 0.29) is 12.5 Å². The zero-order valence-electron chi connectivity index (χ0n) is 11.7. The van der Waals surface area contributed by atoms with Crippen LogP contribution in [0.25, 0.3) is 0 Å². The van der Waals surface area contributed by atoms with Crippen molar-refractivity contribution in [1.82, 2.24) is 4.98 Å². The first-order chi connectivity index (χ1) is 10.2. The Kier molecular flexibility index (Phi) is 5.11. The summed E-state index contributed by atoms with van der Waals surface area (Å²) in [5, 5.41) is 2.65. The van der Waals surface area contributed by atoms with Crippen LogP contribution in [-0.4, -0.2) is 24.6 Å². The normalized spacial score (nSPS) is 10.0. The fourth-order valence-corrected chi connectivity index (χ4v) is 1.68. The van der Waals surface area contributed by atoms with Gasteiger partial charge in [0.1, 0.15) is 17.3 Å². The van der Waals surface area contributed by atoms with Crippen molar-refractivity contribution in [3.05, 3.63) is 48.2 Å². The van der Waals surface area contributed by atoms with Crippen LogP contribution in [0.2, 0.25) is 0 Å². The van der Waals surface area contributed by atoms with Gasteiger partial charge in [-0.25, -0.2) is 4.98 Å². The average Bonchev–Trinajstić information content (AvgIpc) is 2.53. The van der Waals surface area contributed by atoms with Gasteiger partial charge >= 0.3 is 0 Å². The molecule has 0 saturated carbocycles. The molecule has 6 nitrogen and oxygen atoms in total. The van der Waals surface area contributed by atoms with Gasteiger partial charge in [0, 0.05) is 12.6 Å². The van der Waals surface area contributed by atoms with E-state index in [4.69, 9.17) is 15.2 Å². The van der Waals surface area contributed by atoms with Gasteiger partial charge < -0.3 is 20.5 Å². The Morgan fingerprint density at radius 3 is 2.76 bits per heavy atom. The van der Waals surface area contributed by atoms with Gasteiger partial charge in [0.15, 0.2) is 6.61 Å². The lowest BCUT2D eigenvalue weighted by molar-refractivity contribution is -0.118. The summed E-state index contributed by atoms with van der Waals surface area (Å²) in [6, 6.07) is 12.3. The van der Waals surface area contributed by atoms with E-state index in [9.17, 15) is 4.79 Å². The van der Waals surface area contributed by atoms with Crippen molar-refractivity contribution in [2.45, 2.75) is 6.54 Å². The number of carbonyl (C=O) groups excluding carboxylic acids is 1. The first-order valence-electron chi connectivity index (χ1n) is 6.44. The third-order valence-electron chi connectivity index (χ3n) is 2.69. The molecular weight excluding hydrogens is 270 g/mol. The van der Waals surface area contributed by atoms with Gasteiger partial charge in [0.2, 0.25) is 0 Å². The van der Waals surface area contributed by atoms with E-state index in [1.54, 1.807) is 49.6 Å². The highest BCUT2D eigenvalue weighted by atomic mass is 16.5. The second kappa shape index (κ2) is 7.25. The number of nitrogens with two attached hydrogens (primary N) is 1. The van der Waals surface area contributed by atoms with Crippen LogP contribution >= 0.6 is 0 Å². The first kappa shape index (κ1) is 14.8. The van der Waals surface area contributed by atoms with Crippen LogP contribution in [0.4, 0.5) is 5.82 Å². The molecule has 0 radical (unpaired) electrons. The smallest absolute Gasteiger partial charge is 0.263 e. The van der Waals surface area contributed by atoms with Crippen molar-refractivity contribution in [2.75, 3.05) is 19.0 Å². The first-order valence-corrected chi connectivity index (χ1v) is 6.44.